The summed E-state index contributed by atoms with van der Waals surface area (Å²) in [5.41, 5.74) is 1.03. The predicted molar refractivity (Wildman–Crippen MR) is 229 cm³/mol. The highest BCUT2D eigenvalue weighted by Gasteiger charge is 2.43. The smallest absolute Gasteiger partial charge is 0.183 e. The molecule has 55 heavy (non-hydrogen) atoms. The Bertz CT molecular complexity index is 1000. The second-order valence-electron chi connectivity index (χ2n) is 16.8. The fourth-order valence-electron chi connectivity index (χ4n) is 8.05. The number of thiazole rings is 1. The number of nitrogens with zero attached hydrogens (tertiary/aromatic N) is 1. The van der Waals surface area contributed by atoms with E-state index in [0.717, 1.165) is 37.8 Å². The largest absolute Gasteiger partial charge is 0.394 e. The quantitative estimate of drug-likeness (QED) is 0.0326. The van der Waals surface area contributed by atoms with Crippen molar-refractivity contribution in [3.05, 3.63) is 11.1 Å². The van der Waals surface area contributed by atoms with Crippen LogP contribution < -0.4 is 5.32 Å². The van der Waals surface area contributed by atoms with Gasteiger partial charge in [-0.2, -0.15) is 0 Å². The number of aryl methyl sites for hydroxylation is 1. The Labute approximate surface area is 340 Å². The average molecular weight is 799 g/mol. The Morgan fingerprint density at radius 3 is 1.51 bits per heavy atom. The molecule has 9 nitrogen and oxygen atoms in total. The van der Waals surface area contributed by atoms with Gasteiger partial charge in [-0.3, -0.25) is 0 Å². The first-order chi connectivity index (χ1) is 26.8. The summed E-state index contributed by atoms with van der Waals surface area (Å²) in [4.78, 5) is 4.82. The number of nitrogens with one attached hydrogen (secondary N) is 1. The molecule has 1 saturated heterocycles. The summed E-state index contributed by atoms with van der Waals surface area (Å²) < 4.78 is 5.75. The van der Waals surface area contributed by atoms with Gasteiger partial charge in [-0.25, -0.2) is 4.98 Å². The number of rotatable bonds is 37. The summed E-state index contributed by atoms with van der Waals surface area (Å²) >= 11 is 1.50. The number of aliphatic hydroxyl groups excluding tert-OH is 6. The lowest BCUT2D eigenvalue weighted by molar-refractivity contribution is -0.230. The summed E-state index contributed by atoms with van der Waals surface area (Å²) in [6.07, 6.45) is 28.9. The molecule has 0 unspecified atom stereocenters. The van der Waals surface area contributed by atoms with E-state index in [9.17, 15) is 30.6 Å². The number of anilines is 1. The topological polar surface area (TPSA) is 156 Å². The molecule has 1 aliphatic heterocycles. The van der Waals surface area contributed by atoms with Gasteiger partial charge in [0.1, 0.15) is 24.4 Å². The highest BCUT2D eigenvalue weighted by Crippen LogP contribution is 2.28. The highest BCUT2D eigenvalue weighted by molar-refractivity contribution is 7.13. The van der Waals surface area contributed by atoms with E-state index in [0.29, 0.717) is 18.0 Å². The molecular weight excluding hydrogens is 713 g/mol. The maximum Gasteiger partial charge on any atom is 0.183 e. The van der Waals surface area contributed by atoms with Gasteiger partial charge in [0.05, 0.1) is 36.7 Å². The van der Waals surface area contributed by atoms with Crippen molar-refractivity contribution in [1.29, 1.82) is 0 Å². The van der Waals surface area contributed by atoms with Gasteiger partial charge in [-0.05, 0) is 32.1 Å². The van der Waals surface area contributed by atoms with Crippen LogP contribution >= 0.6 is 11.3 Å². The lowest BCUT2D eigenvalue weighted by atomic mass is 9.90. The van der Waals surface area contributed by atoms with Crippen LogP contribution in [0.5, 0.6) is 0 Å². The normalized spacial score (nSPS) is 21.9. The van der Waals surface area contributed by atoms with Gasteiger partial charge >= 0.3 is 0 Å². The third-order valence-corrected chi connectivity index (χ3v) is 12.6. The Morgan fingerprint density at radius 1 is 0.600 bits per heavy atom. The molecule has 1 aliphatic rings. The van der Waals surface area contributed by atoms with Gasteiger partial charge in [-0.15, -0.1) is 11.3 Å². The van der Waals surface area contributed by atoms with Crippen molar-refractivity contribution in [3.8, 4) is 0 Å². The first kappa shape index (κ1) is 50.3. The molecule has 1 aromatic rings. The van der Waals surface area contributed by atoms with Crippen LogP contribution in [0.2, 0.25) is 0 Å². The third kappa shape index (κ3) is 22.8. The van der Waals surface area contributed by atoms with E-state index in [2.05, 4.69) is 24.5 Å². The van der Waals surface area contributed by atoms with E-state index in [1.807, 2.05) is 0 Å². The third-order valence-electron chi connectivity index (χ3n) is 11.8. The number of aromatic nitrogens is 1. The Morgan fingerprint density at radius 2 is 1.04 bits per heavy atom. The first-order valence-electron chi connectivity index (χ1n) is 23.2. The number of unbranched alkanes of at least 4 members (excludes halogenated alkanes) is 25. The van der Waals surface area contributed by atoms with Gasteiger partial charge in [0.2, 0.25) is 0 Å². The van der Waals surface area contributed by atoms with Crippen molar-refractivity contribution in [2.24, 2.45) is 0 Å². The minimum atomic E-state index is -1.44. The molecule has 0 aliphatic carbocycles. The molecule has 0 spiro atoms. The number of hydrogen-bond donors (Lipinski definition) is 7. The standard InChI is InChI=1S/C45H86N2O7S/c1-3-5-7-9-11-13-15-17-18-19-20-22-24-26-28-30-36-35-55-45(46-36)47-37(32-33-39-42(51)44(53)43(52)40(34-48)54-39)41(50)38(49)31-29-27-25-23-21-16-14-12-10-8-6-4-2/h35,37-44,48-53H,3-34H2,1-2H3,(H,46,47)/t37-,38+,39+,40+,41-,42-,43-,44+/m0/s1. The van der Waals surface area contributed by atoms with Crippen LogP contribution in [0.4, 0.5) is 5.13 Å². The Balaban J connectivity index is 1.75. The molecule has 0 aromatic carbocycles. The highest BCUT2D eigenvalue weighted by atomic mass is 32.1. The molecule has 2 heterocycles. The number of aliphatic hydroxyl groups is 6. The van der Waals surface area contributed by atoms with Gasteiger partial charge in [0.25, 0.3) is 0 Å². The van der Waals surface area contributed by atoms with Crippen LogP contribution in [0.15, 0.2) is 5.38 Å². The maximum absolute atomic E-state index is 11.4. The molecule has 0 saturated carbocycles. The zero-order chi connectivity index (χ0) is 39.9. The summed E-state index contributed by atoms with van der Waals surface area (Å²) in [6, 6.07) is -0.565. The molecule has 2 rings (SSSR count). The molecule has 7 N–H and O–H groups in total. The molecule has 10 heteroatoms. The molecule has 0 amide bonds. The summed E-state index contributed by atoms with van der Waals surface area (Å²) in [7, 11) is 0. The lowest BCUT2D eigenvalue weighted by Crippen LogP contribution is -2.58. The number of hydrogen-bond acceptors (Lipinski definition) is 10. The van der Waals surface area contributed by atoms with Crippen molar-refractivity contribution >= 4 is 16.5 Å². The SMILES string of the molecule is CCCCCCCCCCCCCCCCCc1csc(N[C@@H](CC[C@H]2O[C@H](CO)[C@H](O)[C@H](O)[C@H]2O)[C@H](O)[C@H](O)CCCCCCCCCCCCCC)n1. The van der Waals surface area contributed by atoms with Gasteiger partial charge in [0.15, 0.2) is 5.13 Å². The minimum absolute atomic E-state index is 0.249. The van der Waals surface area contributed by atoms with Crippen molar-refractivity contribution in [3.63, 3.8) is 0 Å². The first-order valence-corrected chi connectivity index (χ1v) is 24.1. The van der Waals surface area contributed by atoms with Crippen LogP contribution in [0.1, 0.15) is 212 Å². The molecule has 0 bridgehead atoms. The number of ether oxygens (including phenoxy) is 1. The minimum Gasteiger partial charge on any atom is -0.394 e. The van der Waals surface area contributed by atoms with Crippen molar-refractivity contribution in [2.45, 2.75) is 262 Å². The second kappa shape index (κ2) is 33.0. The van der Waals surface area contributed by atoms with Crippen LogP contribution in [0.25, 0.3) is 0 Å². The monoisotopic (exact) mass is 799 g/mol. The maximum atomic E-state index is 11.4. The molecule has 1 aromatic heterocycles. The molecule has 8 atom stereocenters. The van der Waals surface area contributed by atoms with Gasteiger partial charge < -0.3 is 40.7 Å². The second-order valence-corrected chi connectivity index (χ2v) is 17.6. The van der Waals surface area contributed by atoms with E-state index < -0.39 is 55.4 Å². The van der Waals surface area contributed by atoms with E-state index in [1.54, 1.807) is 0 Å². The fraction of sp³-hybridized carbons (Fsp3) is 0.933. The molecule has 324 valence electrons. The Kier molecular flexibility index (Phi) is 30.2. The predicted octanol–water partition coefficient (Wildman–Crippen LogP) is 9.77. The van der Waals surface area contributed by atoms with Crippen molar-refractivity contribution < 1.29 is 35.4 Å². The lowest BCUT2D eigenvalue weighted by Gasteiger charge is -2.40. The van der Waals surface area contributed by atoms with E-state index in [4.69, 9.17) is 9.72 Å². The van der Waals surface area contributed by atoms with E-state index >= 15 is 0 Å². The van der Waals surface area contributed by atoms with Crippen LogP contribution in [0, 0.1) is 0 Å². The van der Waals surface area contributed by atoms with Crippen LogP contribution in [-0.2, 0) is 11.2 Å². The average Bonchev–Trinajstić information content (AvgIpc) is 3.64. The summed E-state index contributed by atoms with van der Waals surface area (Å²) in [5, 5.41) is 69.4. The van der Waals surface area contributed by atoms with Gasteiger partial charge in [-0.1, -0.05) is 181 Å². The molecular formula is C45H86N2O7S. The Hall–Kier alpha value is -0.850. The molecule has 0 radical (unpaired) electrons. The van der Waals surface area contributed by atoms with Crippen molar-refractivity contribution in [1.82, 2.24) is 4.98 Å². The fourth-order valence-corrected chi connectivity index (χ4v) is 8.85. The summed E-state index contributed by atoms with van der Waals surface area (Å²) in [6.45, 7) is 4.05. The molecule has 1 fully saturated rings. The van der Waals surface area contributed by atoms with E-state index in [1.165, 1.54) is 159 Å². The van der Waals surface area contributed by atoms with Crippen LogP contribution in [0.3, 0.4) is 0 Å². The van der Waals surface area contributed by atoms with Crippen LogP contribution in [-0.4, -0.2) is 91.0 Å². The zero-order valence-electron chi connectivity index (χ0n) is 35.3. The van der Waals surface area contributed by atoms with Crippen molar-refractivity contribution in [2.75, 3.05) is 11.9 Å². The van der Waals surface area contributed by atoms with E-state index in [-0.39, 0.29) is 6.42 Å². The summed E-state index contributed by atoms with van der Waals surface area (Å²) in [5.74, 6) is 0. The zero-order valence-corrected chi connectivity index (χ0v) is 36.1. The van der Waals surface area contributed by atoms with Gasteiger partial charge in [0, 0.05) is 5.38 Å².